The van der Waals surface area contributed by atoms with Crippen LogP contribution in [0.2, 0.25) is 0 Å². The maximum Gasteiger partial charge on any atom is 0.303 e. The molecule has 0 aliphatic heterocycles. The van der Waals surface area contributed by atoms with E-state index in [9.17, 15) is 10.1 Å². The van der Waals surface area contributed by atoms with Gasteiger partial charge in [-0.25, -0.2) is 9.97 Å². The summed E-state index contributed by atoms with van der Waals surface area (Å²) in [5, 5.41) is 11.4. The van der Waals surface area contributed by atoms with Crippen LogP contribution in [0, 0.1) is 17.0 Å². The van der Waals surface area contributed by atoms with Crippen molar-refractivity contribution in [3.63, 3.8) is 0 Å². The van der Waals surface area contributed by atoms with Crippen LogP contribution in [-0.2, 0) is 0 Å². The molecule has 0 aromatic carbocycles. The Labute approximate surface area is 91.1 Å². The second-order valence-electron chi connectivity index (χ2n) is 2.60. The Kier molecular flexibility index (Phi) is 2.20. The third-order valence-corrected chi connectivity index (χ3v) is 3.31. The summed E-state index contributed by atoms with van der Waals surface area (Å²) in [5.74, 6) is 0. The topological polar surface area (TPSA) is 68.9 Å². The molecule has 14 heavy (non-hydrogen) atoms. The van der Waals surface area contributed by atoms with Gasteiger partial charge in [-0.05, 0) is 22.9 Å². The monoisotopic (exact) mass is 273 g/mol. The van der Waals surface area contributed by atoms with Crippen molar-refractivity contribution in [2.24, 2.45) is 0 Å². The second-order valence-corrected chi connectivity index (χ2v) is 4.58. The normalized spacial score (nSPS) is 10.7. The number of nitro groups is 1. The Morgan fingerprint density at radius 3 is 3.00 bits per heavy atom. The maximum atomic E-state index is 10.6. The summed E-state index contributed by atoms with van der Waals surface area (Å²) in [7, 11) is 0. The molecule has 2 aromatic rings. The molecule has 0 unspecified atom stereocenters. The van der Waals surface area contributed by atoms with Crippen molar-refractivity contribution in [3.05, 3.63) is 25.8 Å². The first kappa shape index (κ1) is 9.47. The summed E-state index contributed by atoms with van der Waals surface area (Å²) >= 11 is 4.57. The standard InChI is InChI=1S/C7H4BrN3O2S/c1-3-10-6-5(8)4(11(12)13)2-9-7(6)14-3/h2H,1H3. The van der Waals surface area contributed by atoms with Gasteiger partial charge in [0.15, 0.2) is 0 Å². The first-order valence-electron chi connectivity index (χ1n) is 3.65. The van der Waals surface area contributed by atoms with E-state index in [0.29, 0.717) is 14.8 Å². The van der Waals surface area contributed by atoms with Crippen molar-refractivity contribution in [2.75, 3.05) is 0 Å². The molecule has 2 rings (SSSR count). The van der Waals surface area contributed by atoms with Crippen molar-refractivity contribution in [3.8, 4) is 0 Å². The zero-order valence-electron chi connectivity index (χ0n) is 7.02. The van der Waals surface area contributed by atoms with E-state index in [1.807, 2.05) is 6.92 Å². The molecule has 0 bridgehead atoms. The van der Waals surface area contributed by atoms with Gasteiger partial charge in [0.05, 0.1) is 9.93 Å². The van der Waals surface area contributed by atoms with Crippen LogP contribution in [0.5, 0.6) is 0 Å². The van der Waals surface area contributed by atoms with E-state index >= 15 is 0 Å². The minimum atomic E-state index is -0.481. The summed E-state index contributed by atoms with van der Waals surface area (Å²) in [6, 6.07) is 0. The number of halogens is 1. The fourth-order valence-corrected chi connectivity index (χ4v) is 2.49. The predicted octanol–water partition coefficient (Wildman–Crippen LogP) is 2.67. The number of hydrogen-bond donors (Lipinski definition) is 0. The molecule has 0 aliphatic carbocycles. The minimum absolute atomic E-state index is 0.0530. The van der Waals surface area contributed by atoms with Crippen LogP contribution in [-0.4, -0.2) is 14.9 Å². The third-order valence-electron chi connectivity index (χ3n) is 1.65. The van der Waals surface area contributed by atoms with Gasteiger partial charge in [-0.2, -0.15) is 0 Å². The highest BCUT2D eigenvalue weighted by Gasteiger charge is 2.17. The van der Waals surface area contributed by atoms with Crippen molar-refractivity contribution in [1.82, 2.24) is 9.97 Å². The van der Waals surface area contributed by atoms with Gasteiger partial charge in [0.25, 0.3) is 0 Å². The summed E-state index contributed by atoms with van der Waals surface area (Å²) in [6.45, 7) is 1.84. The van der Waals surface area contributed by atoms with Gasteiger partial charge >= 0.3 is 5.69 Å². The number of nitrogens with zero attached hydrogens (tertiary/aromatic N) is 3. The maximum absolute atomic E-state index is 10.6. The smallest absolute Gasteiger partial charge is 0.258 e. The van der Waals surface area contributed by atoms with Crippen LogP contribution >= 0.6 is 27.3 Å². The van der Waals surface area contributed by atoms with Gasteiger partial charge in [-0.1, -0.05) is 11.3 Å². The molecule has 0 radical (unpaired) electrons. The molecule has 0 N–H and O–H groups in total. The Bertz CT molecular complexity index is 525. The zero-order valence-corrected chi connectivity index (χ0v) is 9.42. The lowest BCUT2D eigenvalue weighted by Gasteiger charge is -1.93. The molecule has 0 fully saturated rings. The molecular formula is C7H4BrN3O2S. The molecule has 0 aliphatic rings. The largest absolute Gasteiger partial charge is 0.303 e. The molecule has 2 heterocycles. The molecule has 0 saturated heterocycles. The highest BCUT2D eigenvalue weighted by Crippen LogP contribution is 2.32. The van der Waals surface area contributed by atoms with Crippen LogP contribution in [0.3, 0.4) is 0 Å². The highest BCUT2D eigenvalue weighted by molar-refractivity contribution is 9.10. The van der Waals surface area contributed by atoms with E-state index in [1.165, 1.54) is 17.5 Å². The van der Waals surface area contributed by atoms with E-state index in [2.05, 4.69) is 25.9 Å². The number of fused-ring (bicyclic) bond motifs is 1. The van der Waals surface area contributed by atoms with Gasteiger partial charge in [0, 0.05) is 0 Å². The number of hydrogen-bond acceptors (Lipinski definition) is 5. The molecule has 0 saturated carbocycles. The quantitative estimate of drug-likeness (QED) is 0.592. The molecule has 0 atom stereocenters. The van der Waals surface area contributed by atoms with Crippen molar-refractivity contribution in [1.29, 1.82) is 0 Å². The molecule has 0 spiro atoms. The molecule has 7 heteroatoms. The molecule has 72 valence electrons. The van der Waals surface area contributed by atoms with Crippen LogP contribution in [0.25, 0.3) is 10.3 Å². The van der Waals surface area contributed by atoms with Gasteiger partial charge in [-0.3, -0.25) is 10.1 Å². The fraction of sp³-hybridized carbons (Fsp3) is 0.143. The number of aryl methyl sites for hydroxylation is 1. The van der Waals surface area contributed by atoms with Crippen molar-refractivity contribution in [2.45, 2.75) is 6.92 Å². The lowest BCUT2D eigenvalue weighted by Crippen LogP contribution is -1.91. The van der Waals surface area contributed by atoms with Crippen molar-refractivity contribution < 1.29 is 4.92 Å². The molecule has 5 nitrogen and oxygen atoms in total. The average Bonchev–Trinajstić information content (AvgIpc) is 2.46. The van der Waals surface area contributed by atoms with E-state index in [4.69, 9.17) is 0 Å². The van der Waals surface area contributed by atoms with Gasteiger partial charge in [-0.15, -0.1) is 0 Å². The minimum Gasteiger partial charge on any atom is -0.258 e. The van der Waals surface area contributed by atoms with Crippen LogP contribution in [0.1, 0.15) is 5.01 Å². The van der Waals surface area contributed by atoms with Gasteiger partial charge in [0.1, 0.15) is 21.0 Å². The highest BCUT2D eigenvalue weighted by atomic mass is 79.9. The van der Waals surface area contributed by atoms with E-state index in [-0.39, 0.29) is 5.69 Å². The summed E-state index contributed by atoms with van der Waals surface area (Å²) in [6.07, 6.45) is 1.24. The predicted molar refractivity (Wildman–Crippen MR) is 56.5 cm³/mol. The van der Waals surface area contributed by atoms with Crippen LogP contribution in [0.4, 0.5) is 5.69 Å². The van der Waals surface area contributed by atoms with Gasteiger partial charge < -0.3 is 0 Å². The molecule has 2 aromatic heterocycles. The SMILES string of the molecule is Cc1nc2c(Br)c([N+](=O)[O-])cnc2s1. The van der Waals surface area contributed by atoms with Crippen LogP contribution < -0.4 is 0 Å². The molecule has 0 amide bonds. The zero-order chi connectivity index (χ0) is 10.3. The molecular weight excluding hydrogens is 270 g/mol. The van der Waals surface area contributed by atoms with E-state index < -0.39 is 4.92 Å². The first-order chi connectivity index (χ1) is 6.59. The van der Waals surface area contributed by atoms with E-state index in [1.54, 1.807) is 0 Å². The number of pyridine rings is 1. The first-order valence-corrected chi connectivity index (χ1v) is 5.26. The van der Waals surface area contributed by atoms with E-state index in [0.717, 1.165) is 5.01 Å². The Balaban J connectivity index is 2.80. The number of thiazole rings is 1. The summed E-state index contributed by atoms with van der Waals surface area (Å²) < 4.78 is 0.400. The third kappa shape index (κ3) is 1.38. The Hall–Kier alpha value is -1.08. The second kappa shape index (κ2) is 3.25. The summed E-state index contributed by atoms with van der Waals surface area (Å²) in [5.41, 5.74) is 0.504. The Morgan fingerprint density at radius 2 is 2.36 bits per heavy atom. The van der Waals surface area contributed by atoms with Gasteiger partial charge in [0.2, 0.25) is 0 Å². The van der Waals surface area contributed by atoms with Crippen molar-refractivity contribution >= 4 is 43.3 Å². The fourth-order valence-electron chi connectivity index (χ4n) is 1.07. The number of rotatable bonds is 1. The van der Waals surface area contributed by atoms with Crippen LogP contribution in [0.15, 0.2) is 10.7 Å². The lowest BCUT2D eigenvalue weighted by atomic mass is 10.4. The lowest BCUT2D eigenvalue weighted by molar-refractivity contribution is -0.385. The number of aromatic nitrogens is 2. The summed E-state index contributed by atoms with van der Waals surface area (Å²) in [4.78, 5) is 18.9. The Morgan fingerprint density at radius 1 is 1.64 bits per heavy atom. The average molecular weight is 274 g/mol.